The van der Waals surface area contributed by atoms with Crippen molar-refractivity contribution in [2.24, 2.45) is 0 Å². The van der Waals surface area contributed by atoms with Crippen molar-refractivity contribution in [3.05, 3.63) is 16.1 Å². The van der Waals surface area contributed by atoms with Gasteiger partial charge in [0.2, 0.25) is 5.91 Å². The molecular weight excluding hydrogens is 305 g/mol. The number of carbonyl (C=O) groups excluding carboxylic acids is 1. The van der Waals surface area contributed by atoms with E-state index in [4.69, 9.17) is 0 Å². The fourth-order valence-electron chi connectivity index (χ4n) is 2.12. The average Bonchev–Trinajstić information content (AvgIpc) is 2.75. The van der Waals surface area contributed by atoms with Crippen molar-refractivity contribution in [1.29, 1.82) is 0 Å². The van der Waals surface area contributed by atoms with Crippen LogP contribution in [0.2, 0.25) is 0 Å². The number of piperidine rings is 1. The standard InChI is InChI=1S/C12H19N3OS.2ClH/c1-9-14-7-10(17-9)8-15(2)12(16)11-5-3-4-6-13-11;;/h7,11,13H,3-6,8H2,1-2H3;2*1H/t11-;;/m0../s1. The van der Waals surface area contributed by atoms with E-state index in [1.165, 1.54) is 6.42 Å². The molecule has 1 N–H and O–H groups in total. The maximum Gasteiger partial charge on any atom is 0.239 e. The lowest BCUT2D eigenvalue weighted by Gasteiger charge is -2.27. The van der Waals surface area contributed by atoms with Crippen molar-refractivity contribution in [3.63, 3.8) is 0 Å². The summed E-state index contributed by atoms with van der Waals surface area (Å²) in [5.41, 5.74) is 0. The summed E-state index contributed by atoms with van der Waals surface area (Å²) in [5, 5.41) is 4.34. The molecule has 1 atom stereocenters. The second kappa shape index (κ2) is 8.74. The summed E-state index contributed by atoms with van der Waals surface area (Å²) in [7, 11) is 1.87. The lowest BCUT2D eigenvalue weighted by molar-refractivity contribution is -0.133. The SMILES string of the molecule is Cc1ncc(CN(C)C(=O)[C@@H]2CCCCN2)s1.Cl.Cl. The van der Waals surface area contributed by atoms with Crippen molar-refractivity contribution >= 4 is 42.1 Å². The Morgan fingerprint density at radius 1 is 1.53 bits per heavy atom. The zero-order valence-electron chi connectivity index (χ0n) is 11.2. The number of carbonyl (C=O) groups is 1. The number of hydrogen-bond donors (Lipinski definition) is 1. The molecule has 2 rings (SSSR count). The van der Waals surface area contributed by atoms with Crippen LogP contribution in [0.3, 0.4) is 0 Å². The smallest absolute Gasteiger partial charge is 0.239 e. The molecule has 2 heterocycles. The second-order valence-corrected chi connectivity index (χ2v) is 5.86. The van der Waals surface area contributed by atoms with Gasteiger partial charge in [0.25, 0.3) is 0 Å². The van der Waals surface area contributed by atoms with Crippen LogP contribution < -0.4 is 5.32 Å². The third-order valence-electron chi connectivity index (χ3n) is 3.05. The highest BCUT2D eigenvalue weighted by Gasteiger charge is 2.23. The van der Waals surface area contributed by atoms with Gasteiger partial charge in [0.05, 0.1) is 17.6 Å². The molecule has 1 aliphatic heterocycles. The third-order valence-corrected chi connectivity index (χ3v) is 3.94. The molecule has 0 spiro atoms. The van der Waals surface area contributed by atoms with Gasteiger partial charge >= 0.3 is 0 Å². The number of rotatable bonds is 3. The minimum absolute atomic E-state index is 0. The van der Waals surface area contributed by atoms with Gasteiger partial charge < -0.3 is 10.2 Å². The molecule has 1 aromatic rings. The molecule has 0 aliphatic carbocycles. The maximum atomic E-state index is 12.2. The molecule has 1 fully saturated rings. The van der Waals surface area contributed by atoms with Gasteiger partial charge in [0.1, 0.15) is 0 Å². The molecule has 110 valence electrons. The lowest BCUT2D eigenvalue weighted by Crippen LogP contribution is -2.46. The van der Waals surface area contributed by atoms with Crippen LogP contribution >= 0.6 is 36.2 Å². The van der Waals surface area contributed by atoms with E-state index in [0.29, 0.717) is 6.54 Å². The number of hydrogen-bond acceptors (Lipinski definition) is 4. The first-order valence-electron chi connectivity index (χ1n) is 6.06. The summed E-state index contributed by atoms with van der Waals surface area (Å²) in [4.78, 5) is 19.3. The first-order chi connectivity index (χ1) is 8.16. The van der Waals surface area contributed by atoms with Gasteiger partial charge in [-0.3, -0.25) is 4.79 Å². The molecule has 4 nitrogen and oxygen atoms in total. The van der Waals surface area contributed by atoms with Crippen molar-refractivity contribution in [3.8, 4) is 0 Å². The van der Waals surface area contributed by atoms with Crippen LogP contribution in [0.15, 0.2) is 6.20 Å². The van der Waals surface area contributed by atoms with Crippen LogP contribution in [0.4, 0.5) is 0 Å². The van der Waals surface area contributed by atoms with Gasteiger partial charge in [0.15, 0.2) is 0 Å². The summed E-state index contributed by atoms with van der Waals surface area (Å²) < 4.78 is 0. The highest BCUT2D eigenvalue weighted by atomic mass is 35.5. The van der Waals surface area contributed by atoms with Crippen LogP contribution in [-0.4, -0.2) is 35.4 Å². The molecule has 0 bridgehead atoms. The Labute approximate surface area is 130 Å². The molecule has 1 aromatic heterocycles. The minimum atomic E-state index is 0. The van der Waals surface area contributed by atoms with Crippen molar-refractivity contribution in [1.82, 2.24) is 15.2 Å². The van der Waals surface area contributed by atoms with E-state index in [9.17, 15) is 4.79 Å². The monoisotopic (exact) mass is 325 g/mol. The van der Waals surface area contributed by atoms with Crippen molar-refractivity contribution < 1.29 is 4.79 Å². The number of amides is 1. The maximum absolute atomic E-state index is 12.2. The Balaban J connectivity index is 0.00000162. The van der Waals surface area contributed by atoms with Crippen LogP contribution in [-0.2, 0) is 11.3 Å². The summed E-state index contributed by atoms with van der Waals surface area (Å²) in [6.45, 7) is 3.62. The summed E-state index contributed by atoms with van der Waals surface area (Å²) >= 11 is 1.65. The van der Waals surface area contributed by atoms with E-state index in [-0.39, 0.29) is 36.8 Å². The molecule has 1 aliphatic rings. The topological polar surface area (TPSA) is 45.2 Å². The van der Waals surface area contributed by atoms with E-state index in [2.05, 4.69) is 10.3 Å². The number of nitrogens with one attached hydrogen (secondary N) is 1. The second-order valence-electron chi connectivity index (χ2n) is 4.54. The quantitative estimate of drug-likeness (QED) is 0.928. The average molecular weight is 326 g/mol. The molecule has 1 saturated heterocycles. The van der Waals surface area contributed by atoms with E-state index < -0.39 is 0 Å². The minimum Gasteiger partial charge on any atom is -0.339 e. The molecule has 7 heteroatoms. The van der Waals surface area contributed by atoms with Gasteiger partial charge in [-0.1, -0.05) is 6.42 Å². The van der Waals surface area contributed by atoms with Gasteiger partial charge in [0, 0.05) is 18.1 Å². The number of aryl methyl sites for hydroxylation is 1. The Kier molecular flexibility index (Phi) is 8.57. The number of halogens is 2. The first kappa shape index (κ1) is 18.6. The molecule has 0 saturated carbocycles. The van der Waals surface area contributed by atoms with Crippen LogP contribution in [0.25, 0.3) is 0 Å². The van der Waals surface area contributed by atoms with Gasteiger partial charge in [-0.2, -0.15) is 0 Å². The Bertz CT molecular complexity index is 394. The normalized spacial score (nSPS) is 18.1. The largest absolute Gasteiger partial charge is 0.339 e. The summed E-state index contributed by atoms with van der Waals surface area (Å²) in [6.07, 6.45) is 5.15. The Hall–Kier alpha value is -0.360. The predicted octanol–water partition coefficient (Wildman–Crippen LogP) is 2.40. The van der Waals surface area contributed by atoms with Gasteiger partial charge in [-0.25, -0.2) is 4.98 Å². The predicted molar refractivity (Wildman–Crippen MR) is 83.5 cm³/mol. The van der Waals surface area contributed by atoms with Gasteiger partial charge in [-0.05, 0) is 26.3 Å². The number of thiazole rings is 1. The van der Waals surface area contributed by atoms with Crippen LogP contribution in [0, 0.1) is 6.92 Å². The van der Waals surface area contributed by atoms with E-state index in [1.807, 2.05) is 20.2 Å². The third kappa shape index (κ3) is 5.26. The fourth-order valence-corrected chi connectivity index (χ4v) is 2.97. The number of nitrogens with zero attached hydrogens (tertiary/aromatic N) is 2. The number of aromatic nitrogens is 1. The van der Waals surface area contributed by atoms with E-state index in [1.54, 1.807) is 16.2 Å². The van der Waals surface area contributed by atoms with Crippen molar-refractivity contribution in [2.45, 2.75) is 38.8 Å². The van der Waals surface area contributed by atoms with E-state index >= 15 is 0 Å². The van der Waals surface area contributed by atoms with Gasteiger partial charge in [-0.15, -0.1) is 36.2 Å². The molecule has 0 aromatic carbocycles. The molecule has 1 amide bonds. The Morgan fingerprint density at radius 2 is 2.26 bits per heavy atom. The molecular formula is C12H21Cl2N3OS. The number of likely N-dealkylation sites (N-methyl/N-ethyl adjacent to an activating group) is 1. The molecule has 19 heavy (non-hydrogen) atoms. The first-order valence-corrected chi connectivity index (χ1v) is 6.88. The highest BCUT2D eigenvalue weighted by molar-refractivity contribution is 7.11. The van der Waals surface area contributed by atoms with Crippen LogP contribution in [0.1, 0.15) is 29.1 Å². The fraction of sp³-hybridized carbons (Fsp3) is 0.667. The van der Waals surface area contributed by atoms with E-state index in [0.717, 1.165) is 29.3 Å². The summed E-state index contributed by atoms with van der Waals surface area (Å²) in [5.74, 6) is 0.204. The lowest BCUT2D eigenvalue weighted by atomic mass is 10.0. The zero-order chi connectivity index (χ0) is 12.3. The molecule has 0 radical (unpaired) electrons. The zero-order valence-corrected chi connectivity index (χ0v) is 13.7. The molecule has 0 unspecified atom stereocenters. The summed E-state index contributed by atoms with van der Waals surface area (Å²) in [6, 6.07) is 0.0165. The van der Waals surface area contributed by atoms with Crippen LogP contribution in [0.5, 0.6) is 0 Å². The Morgan fingerprint density at radius 3 is 2.79 bits per heavy atom. The van der Waals surface area contributed by atoms with Crippen molar-refractivity contribution in [2.75, 3.05) is 13.6 Å². The highest BCUT2D eigenvalue weighted by Crippen LogP contribution is 2.15.